The van der Waals surface area contributed by atoms with Crippen molar-refractivity contribution in [3.8, 4) is 0 Å². The first-order chi connectivity index (χ1) is 12.5. The van der Waals surface area contributed by atoms with Crippen molar-refractivity contribution in [2.75, 3.05) is 10.6 Å². The molecule has 0 saturated carbocycles. The van der Waals surface area contributed by atoms with Gasteiger partial charge in [-0.1, -0.05) is 47.5 Å². The Bertz CT molecular complexity index is 891. The molecule has 1 amide bonds. The van der Waals surface area contributed by atoms with Gasteiger partial charge in [-0.15, -0.1) is 0 Å². The maximum Gasteiger partial charge on any atom is 0.260 e. The Morgan fingerprint density at radius 3 is 2.54 bits per heavy atom. The van der Waals surface area contributed by atoms with Crippen molar-refractivity contribution in [3.63, 3.8) is 0 Å². The molecule has 2 N–H and O–H groups in total. The average molecular weight is 370 g/mol. The number of halogens is 2. The third kappa shape index (κ3) is 4.37. The van der Waals surface area contributed by atoms with E-state index < -0.39 is 11.7 Å². The first kappa shape index (κ1) is 17.9. The van der Waals surface area contributed by atoms with Gasteiger partial charge in [0, 0.05) is 6.54 Å². The molecule has 2 aromatic carbocycles. The van der Waals surface area contributed by atoms with Crippen LogP contribution in [-0.2, 0) is 6.54 Å². The van der Waals surface area contributed by atoms with Gasteiger partial charge in [0.15, 0.2) is 0 Å². The third-order valence-electron chi connectivity index (χ3n) is 3.81. The number of nitrogens with zero attached hydrogens (tertiary/aromatic N) is 1. The van der Waals surface area contributed by atoms with Crippen molar-refractivity contribution >= 4 is 29.0 Å². The van der Waals surface area contributed by atoms with Crippen LogP contribution < -0.4 is 10.6 Å². The predicted molar refractivity (Wildman–Crippen MR) is 102 cm³/mol. The van der Waals surface area contributed by atoms with Crippen LogP contribution in [0.4, 0.5) is 15.9 Å². The molecular weight excluding hydrogens is 353 g/mol. The highest BCUT2D eigenvalue weighted by atomic mass is 35.5. The third-order valence-corrected chi connectivity index (χ3v) is 4.12. The van der Waals surface area contributed by atoms with Crippen LogP contribution in [0.25, 0.3) is 0 Å². The molecule has 132 valence electrons. The zero-order valence-electron chi connectivity index (χ0n) is 14.1. The minimum Gasteiger partial charge on any atom is -0.366 e. The first-order valence-corrected chi connectivity index (χ1v) is 8.41. The molecule has 0 unspecified atom stereocenters. The van der Waals surface area contributed by atoms with Gasteiger partial charge in [-0.05, 0) is 36.8 Å². The highest BCUT2D eigenvalue weighted by Crippen LogP contribution is 2.20. The largest absolute Gasteiger partial charge is 0.366 e. The second kappa shape index (κ2) is 7.97. The second-order valence-corrected chi connectivity index (χ2v) is 6.23. The highest BCUT2D eigenvalue weighted by molar-refractivity contribution is 6.34. The summed E-state index contributed by atoms with van der Waals surface area (Å²) in [5.41, 5.74) is 2.62. The molecule has 3 rings (SSSR count). The van der Waals surface area contributed by atoms with E-state index in [0.717, 1.165) is 5.56 Å². The van der Waals surface area contributed by atoms with Crippen LogP contribution >= 0.6 is 11.6 Å². The van der Waals surface area contributed by atoms with Crippen molar-refractivity contribution in [3.05, 3.63) is 88.3 Å². The Morgan fingerprint density at radius 2 is 1.88 bits per heavy atom. The lowest BCUT2D eigenvalue weighted by atomic mass is 10.1. The molecule has 0 aliphatic rings. The zero-order chi connectivity index (χ0) is 18.5. The van der Waals surface area contributed by atoms with Gasteiger partial charge in [0.05, 0.1) is 22.5 Å². The van der Waals surface area contributed by atoms with Crippen molar-refractivity contribution in [2.45, 2.75) is 13.5 Å². The number of aryl methyl sites for hydroxylation is 1. The van der Waals surface area contributed by atoms with Gasteiger partial charge in [0.25, 0.3) is 5.91 Å². The van der Waals surface area contributed by atoms with Crippen LogP contribution in [0.3, 0.4) is 0 Å². The Kier molecular flexibility index (Phi) is 5.49. The lowest BCUT2D eigenvalue weighted by molar-refractivity contribution is 0.102. The van der Waals surface area contributed by atoms with E-state index in [0.29, 0.717) is 18.1 Å². The summed E-state index contributed by atoms with van der Waals surface area (Å²) in [4.78, 5) is 16.5. The molecule has 0 saturated heterocycles. The van der Waals surface area contributed by atoms with E-state index in [9.17, 15) is 9.18 Å². The molecule has 0 aliphatic heterocycles. The van der Waals surface area contributed by atoms with E-state index in [1.54, 1.807) is 12.1 Å². The number of amides is 1. The standard InChI is InChI=1S/C20H17ClFN3O/c1-13-5-7-14(8-6-13)11-23-18-10-9-15(12-24-18)25-20(26)19-16(21)3-2-4-17(19)22/h2-10,12H,11H2,1H3,(H,23,24)(H,25,26). The van der Waals surface area contributed by atoms with Crippen LogP contribution in [0.2, 0.25) is 5.02 Å². The molecule has 6 heteroatoms. The molecule has 1 heterocycles. The van der Waals surface area contributed by atoms with Crippen LogP contribution in [0, 0.1) is 12.7 Å². The number of hydrogen-bond donors (Lipinski definition) is 2. The van der Waals surface area contributed by atoms with Crippen molar-refractivity contribution in [1.82, 2.24) is 4.98 Å². The summed E-state index contributed by atoms with van der Waals surface area (Å²) >= 11 is 5.90. The number of aromatic nitrogens is 1. The summed E-state index contributed by atoms with van der Waals surface area (Å²) in [5.74, 6) is -0.609. The summed E-state index contributed by atoms with van der Waals surface area (Å²) in [6, 6.07) is 15.7. The van der Waals surface area contributed by atoms with E-state index >= 15 is 0 Å². The van der Waals surface area contributed by atoms with Crippen LogP contribution in [0.1, 0.15) is 21.5 Å². The molecule has 1 aromatic heterocycles. The van der Waals surface area contributed by atoms with Crippen molar-refractivity contribution in [1.29, 1.82) is 0 Å². The molecule has 3 aromatic rings. The lowest BCUT2D eigenvalue weighted by Gasteiger charge is -2.09. The summed E-state index contributed by atoms with van der Waals surface area (Å²) in [7, 11) is 0. The van der Waals surface area contributed by atoms with Crippen LogP contribution in [0.15, 0.2) is 60.8 Å². The fraction of sp³-hybridized carbons (Fsp3) is 0.100. The van der Waals surface area contributed by atoms with Gasteiger partial charge >= 0.3 is 0 Å². The van der Waals surface area contributed by atoms with Gasteiger partial charge in [0.1, 0.15) is 11.6 Å². The maximum atomic E-state index is 13.8. The molecule has 0 radical (unpaired) electrons. The van der Waals surface area contributed by atoms with E-state index in [4.69, 9.17) is 11.6 Å². The normalized spacial score (nSPS) is 10.4. The average Bonchev–Trinajstić information content (AvgIpc) is 2.62. The molecular formula is C20H17ClFN3O. The van der Waals surface area contributed by atoms with Gasteiger partial charge < -0.3 is 10.6 Å². The van der Waals surface area contributed by atoms with Gasteiger partial charge in [-0.25, -0.2) is 9.37 Å². The number of carbonyl (C=O) groups excluding carboxylic acids is 1. The quantitative estimate of drug-likeness (QED) is 0.662. The van der Waals surface area contributed by atoms with E-state index in [2.05, 4.69) is 39.9 Å². The Balaban J connectivity index is 1.62. The van der Waals surface area contributed by atoms with Crippen molar-refractivity contribution in [2.24, 2.45) is 0 Å². The topological polar surface area (TPSA) is 54.0 Å². The van der Waals surface area contributed by atoms with Gasteiger partial charge in [-0.2, -0.15) is 0 Å². The molecule has 0 fully saturated rings. The van der Waals surface area contributed by atoms with E-state index in [1.165, 1.54) is 30.0 Å². The smallest absolute Gasteiger partial charge is 0.260 e. The number of carbonyl (C=O) groups is 1. The number of rotatable bonds is 5. The van der Waals surface area contributed by atoms with E-state index in [1.807, 2.05) is 6.92 Å². The molecule has 26 heavy (non-hydrogen) atoms. The highest BCUT2D eigenvalue weighted by Gasteiger charge is 2.15. The van der Waals surface area contributed by atoms with Crippen molar-refractivity contribution < 1.29 is 9.18 Å². The first-order valence-electron chi connectivity index (χ1n) is 8.04. The summed E-state index contributed by atoms with van der Waals surface area (Å²) in [6.45, 7) is 2.68. The minimum atomic E-state index is -0.667. The van der Waals surface area contributed by atoms with Gasteiger partial charge in [-0.3, -0.25) is 4.79 Å². The Hall–Kier alpha value is -2.92. The fourth-order valence-corrected chi connectivity index (χ4v) is 2.63. The SMILES string of the molecule is Cc1ccc(CNc2ccc(NC(=O)c3c(F)cccc3Cl)cn2)cc1. The Morgan fingerprint density at radius 1 is 1.12 bits per heavy atom. The number of hydrogen-bond acceptors (Lipinski definition) is 3. The van der Waals surface area contributed by atoms with Crippen LogP contribution in [-0.4, -0.2) is 10.9 Å². The molecule has 0 aliphatic carbocycles. The monoisotopic (exact) mass is 369 g/mol. The van der Waals surface area contributed by atoms with E-state index in [-0.39, 0.29) is 10.6 Å². The molecule has 0 atom stereocenters. The Labute approximate surface area is 156 Å². The molecule has 4 nitrogen and oxygen atoms in total. The zero-order valence-corrected chi connectivity index (χ0v) is 14.8. The molecule has 0 spiro atoms. The minimum absolute atomic E-state index is 0.0619. The number of benzene rings is 2. The maximum absolute atomic E-state index is 13.8. The fourth-order valence-electron chi connectivity index (χ4n) is 2.38. The number of anilines is 2. The summed E-state index contributed by atoms with van der Waals surface area (Å²) < 4.78 is 13.8. The lowest BCUT2D eigenvalue weighted by Crippen LogP contribution is -2.14. The number of pyridine rings is 1. The second-order valence-electron chi connectivity index (χ2n) is 5.82. The summed E-state index contributed by atoms with van der Waals surface area (Å²) in [6.07, 6.45) is 1.50. The predicted octanol–water partition coefficient (Wildman–Crippen LogP) is 5.05. The number of nitrogens with one attached hydrogen (secondary N) is 2. The van der Waals surface area contributed by atoms with Crippen LogP contribution in [0.5, 0.6) is 0 Å². The summed E-state index contributed by atoms with van der Waals surface area (Å²) in [5, 5.41) is 5.86. The van der Waals surface area contributed by atoms with Gasteiger partial charge in [0.2, 0.25) is 0 Å². The molecule has 0 bridgehead atoms.